The van der Waals surface area contributed by atoms with E-state index in [4.69, 9.17) is 10.5 Å². The molecule has 1 amide bonds. The van der Waals surface area contributed by atoms with Gasteiger partial charge in [-0.25, -0.2) is 4.79 Å². The maximum Gasteiger partial charge on any atom is 0.407 e. The van der Waals surface area contributed by atoms with E-state index in [1.54, 1.807) is 0 Å². The Morgan fingerprint density at radius 3 is 2.41 bits per heavy atom. The topological polar surface area (TPSA) is 64.3 Å². The smallest absolute Gasteiger partial charge is 0.407 e. The van der Waals surface area contributed by atoms with E-state index in [9.17, 15) is 4.79 Å². The van der Waals surface area contributed by atoms with Gasteiger partial charge in [0.05, 0.1) is 6.61 Å². The van der Waals surface area contributed by atoms with Crippen LogP contribution in [-0.2, 0) is 4.74 Å². The molecule has 0 bridgehead atoms. The van der Waals surface area contributed by atoms with Gasteiger partial charge < -0.3 is 15.8 Å². The monoisotopic (exact) mass is 244 g/mol. The first-order chi connectivity index (χ1) is 8.07. The summed E-state index contributed by atoms with van der Waals surface area (Å²) < 4.78 is 5.12. The van der Waals surface area contributed by atoms with Crippen molar-refractivity contribution in [2.24, 2.45) is 17.6 Å². The summed E-state index contributed by atoms with van der Waals surface area (Å²) >= 11 is 0. The molecule has 0 aromatic carbocycles. The molecule has 1 atom stereocenters. The van der Waals surface area contributed by atoms with Crippen molar-refractivity contribution in [2.75, 3.05) is 19.7 Å². The van der Waals surface area contributed by atoms with Crippen molar-refractivity contribution < 1.29 is 9.53 Å². The largest absolute Gasteiger partial charge is 0.449 e. The lowest BCUT2D eigenvalue weighted by Crippen LogP contribution is -2.27. The normalized spacial score (nSPS) is 12.5. The Morgan fingerprint density at radius 2 is 1.82 bits per heavy atom. The standard InChI is InChI=1S/C13H28N2O2/c1-11(2)12(3)10-17-13(16)15-9-7-5-4-6-8-14/h11-12H,4-10,14H2,1-3H3,(H,15,16)/t12-/m0/s1. The number of alkyl carbamates (subject to hydrolysis) is 1. The molecule has 0 aromatic rings. The molecule has 0 saturated carbocycles. The van der Waals surface area contributed by atoms with Crippen molar-refractivity contribution >= 4 is 6.09 Å². The van der Waals surface area contributed by atoms with Gasteiger partial charge in [-0.05, 0) is 31.2 Å². The second-order valence-corrected chi connectivity index (χ2v) is 4.95. The lowest BCUT2D eigenvalue weighted by molar-refractivity contribution is 0.119. The summed E-state index contributed by atoms with van der Waals surface area (Å²) in [6, 6.07) is 0. The van der Waals surface area contributed by atoms with Gasteiger partial charge in [-0.15, -0.1) is 0 Å². The summed E-state index contributed by atoms with van der Waals surface area (Å²) in [5.41, 5.74) is 5.39. The van der Waals surface area contributed by atoms with Gasteiger partial charge in [0, 0.05) is 6.54 Å². The number of carbonyl (C=O) groups excluding carboxylic acids is 1. The van der Waals surface area contributed by atoms with E-state index < -0.39 is 0 Å². The van der Waals surface area contributed by atoms with Crippen molar-refractivity contribution in [1.82, 2.24) is 5.32 Å². The molecule has 0 radical (unpaired) electrons. The van der Waals surface area contributed by atoms with Crippen molar-refractivity contribution in [3.05, 3.63) is 0 Å². The summed E-state index contributed by atoms with van der Waals surface area (Å²) in [6.45, 7) is 8.29. The van der Waals surface area contributed by atoms with E-state index in [0.717, 1.165) is 32.2 Å². The van der Waals surface area contributed by atoms with Crippen LogP contribution in [0.5, 0.6) is 0 Å². The molecule has 0 aliphatic heterocycles. The number of rotatable bonds is 9. The molecule has 0 rings (SSSR count). The Labute approximate surface area is 105 Å². The first-order valence-corrected chi connectivity index (χ1v) is 6.68. The first kappa shape index (κ1) is 16.2. The third kappa shape index (κ3) is 10.1. The van der Waals surface area contributed by atoms with Crippen LogP contribution in [0.1, 0.15) is 46.5 Å². The fourth-order valence-corrected chi connectivity index (χ4v) is 1.26. The zero-order chi connectivity index (χ0) is 13.1. The lowest BCUT2D eigenvalue weighted by atomic mass is 10.00. The Morgan fingerprint density at radius 1 is 1.18 bits per heavy atom. The van der Waals surface area contributed by atoms with Gasteiger partial charge in [0.15, 0.2) is 0 Å². The van der Waals surface area contributed by atoms with Crippen LogP contribution in [0.25, 0.3) is 0 Å². The molecule has 0 aliphatic carbocycles. The molecular weight excluding hydrogens is 216 g/mol. The molecule has 102 valence electrons. The fourth-order valence-electron chi connectivity index (χ4n) is 1.26. The maximum absolute atomic E-state index is 11.3. The summed E-state index contributed by atoms with van der Waals surface area (Å²) in [5, 5.41) is 2.76. The SMILES string of the molecule is CC(C)[C@@H](C)COC(=O)NCCCCCCN. The van der Waals surface area contributed by atoms with Crippen LogP contribution in [0.3, 0.4) is 0 Å². The fraction of sp³-hybridized carbons (Fsp3) is 0.923. The van der Waals surface area contributed by atoms with Gasteiger partial charge in [-0.2, -0.15) is 0 Å². The molecule has 0 heterocycles. The third-order valence-electron chi connectivity index (χ3n) is 3.02. The van der Waals surface area contributed by atoms with Crippen LogP contribution in [0.2, 0.25) is 0 Å². The second kappa shape index (κ2) is 10.4. The third-order valence-corrected chi connectivity index (χ3v) is 3.02. The Kier molecular flexibility index (Phi) is 9.92. The summed E-state index contributed by atoms with van der Waals surface area (Å²) in [4.78, 5) is 11.3. The molecule has 3 N–H and O–H groups in total. The van der Waals surface area contributed by atoms with Gasteiger partial charge in [0.25, 0.3) is 0 Å². The minimum absolute atomic E-state index is 0.295. The number of hydrogen-bond donors (Lipinski definition) is 2. The Hall–Kier alpha value is -0.770. The van der Waals surface area contributed by atoms with Crippen LogP contribution in [0.15, 0.2) is 0 Å². The van der Waals surface area contributed by atoms with Crippen molar-refractivity contribution in [3.63, 3.8) is 0 Å². The number of carbonyl (C=O) groups is 1. The molecule has 0 aliphatic rings. The van der Waals surface area contributed by atoms with E-state index in [1.165, 1.54) is 0 Å². The molecule has 0 unspecified atom stereocenters. The molecule has 4 nitrogen and oxygen atoms in total. The molecule has 0 saturated heterocycles. The number of nitrogens with two attached hydrogens (primary N) is 1. The summed E-state index contributed by atoms with van der Waals surface area (Å²) in [7, 11) is 0. The number of ether oxygens (including phenoxy) is 1. The molecule has 0 fully saturated rings. The highest BCUT2D eigenvalue weighted by Crippen LogP contribution is 2.09. The van der Waals surface area contributed by atoms with Gasteiger partial charge >= 0.3 is 6.09 Å². The molecule has 0 aromatic heterocycles. The molecule has 17 heavy (non-hydrogen) atoms. The van der Waals surface area contributed by atoms with Gasteiger partial charge in [0.2, 0.25) is 0 Å². The number of nitrogens with one attached hydrogen (secondary N) is 1. The van der Waals surface area contributed by atoms with Gasteiger partial charge in [-0.1, -0.05) is 33.6 Å². The van der Waals surface area contributed by atoms with Crippen molar-refractivity contribution in [2.45, 2.75) is 46.5 Å². The van der Waals surface area contributed by atoms with E-state index in [-0.39, 0.29) is 6.09 Å². The minimum atomic E-state index is -0.295. The highest BCUT2D eigenvalue weighted by molar-refractivity contribution is 5.66. The number of unbranched alkanes of at least 4 members (excludes halogenated alkanes) is 3. The van der Waals surface area contributed by atoms with Gasteiger partial charge in [0.1, 0.15) is 0 Å². The summed E-state index contributed by atoms with van der Waals surface area (Å²) in [6.07, 6.45) is 4.01. The highest BCUT2D eigenvalue weighted by Gasteiger charge is 2.09. The van der Waals surface area contributed by atoms with E-state index in [1.807, 2.05) is 0 Å². The molecular formula is C13H28N2O2. The predicted octanol–water partition coefficient (Wildman–Crippen LogP) is 2.52. The number of hydrogen-bond acceptors (Lipinski definition) is 3. The molecule has 4 heteroatoms. The minimum Gasteiger partial charge on any atom is -0.449 e. The highest BCUT2D eigenvalue weighted by atomic mass is 16.5. The van der Waals surface area contributed by atoms with Crippen molar-refractivity contribution in [1.29, 1.82) is 0 Å². The van der Waals surface area contributed by atoms with E-state index in [2.05, 4.69) is 26.1 Å². The van der Waals surface area contributed by atoms with Crippen LogP contribution in [0, 0.1) is 11.8 Å². The van der Waals surface area contributed by atoms with E-state index >= 15 is 0 Å². The zero-order valence-electron chi connectivity index (χ0n) is 11.5. The second-order valence-electron chi connectivity index (χ2n) is 4.95. The van der Waals surface area contributed by atoms with Crippen LogP contribution in [-0.4, -0.2) is 25.8 Å². The Balaban J connectivity index is 3.35. The first-order valence-electron chi connectivity index (χ1n) is 6.68. The van der Waals surface area contributed by atoms with Crippen LogP contribution in [0.4, 0.5) is 4.79 Å². The maximum atomic E-state index is 11.3. The molecule has 0 spiro atoms. The van der Waals surface area contributed by atoms with Gasteiger partial charge in [-0.3, -0.25) is 0 Å². The van der Waals surface area contributed by atoms with Crippen LogP contribution >= 0.6 is 0 Å². The lowest BCUT2D eigenvalue weighted by Gasteiger charge is -2.15. The average Bonchev–Trinajstić information content (AvgIpc) is 2.30. The Bertz CT molecular complexity index is 196. The van der Waals surface area contributed by atoms with E-state index in [0.29, 0.717) is 25.0 Å². The number of amides is 1. The zero-order valence-corrected chi connectivity index (χ0v) is 11.5. The van der Waals surface area contributed by atoms with Crippen molar-refractivity contribution in [3.8, 4) is 0 Å². The predicted molar refractivity (Wildman–Crippen MR) is 70.9 cm³/mol. The quantitative estimate of drug-likeness (QED) is 0.613. The van der Waals surface area contributed by atoms with Crippen LogP contribution < -0.4 is 11.1 Å². The average molecular weight is 244 g/mol. The summed E-state index contributed by atoms with van der Waals surface area (Å²) in [5.74, 6) is 0.948.